The molecule has 0 aliphatic heterocycles. The molecule has 4 nitrogen and oxygen atoms in total. The van der Waals surface area contributed by atoms with Crippen LogP contribution < -0.4 is 5.73 Å². The second-order valence-electron chi connectivity index (χ2n) is 1.95. The molecular formula is C7H8N2O2. The smallest absolute Gasteiger partial charge is 0.293 e. The van der Waals surface area contributed by atoms with E-state index >= 15 is 0 Å². The van der Waals surface area contributed by atoms with Crippen LogP contribution in [0.25, 0.3) is 0 Å². The molecule has 0 fully saturated rings. The third kappa shape index (κ3) is 1.93. The molecule has 0 spiro atoms. The van der Waals surface area contributed by atoms with Crippen molar-refractivity contribution >= 4 is 12.2 Å². The van der Waals surface area contributed by atoms with Gasteiger partial charge in [-0.2, -0.15) is 0 Å². The molecule has 1 heterocycles. The number of nitrogens with two attached hydrogens (primary N) is 1. The van der Waals surface area contributed by atoms with E-state index in [0.29, 0.717) is 17.9 Å². The number of aromatic nitrogens is 1. The maximum atomic E-state index is 9.80. The minimum Gasteiger partial charge on any atom is -0.461 e. The number of carbonyl (C=O) groups excluding carboxylic acids is 1. The van der Waals surface area contributed by atoms with Crippen LogP contribution in [0.3, 0.4) is 0 Å². The average Bonchev–Trinajstić information content (AvgIpc) is 2.03. The number of hydrogen-bond acceptors (Lipinski definition) is 4. The number of hydrogen-bond donors (Lipinski definition) is 1. The summed E-state index contributed by atoms with van der Waals surface area (Å²) < 4.78 is 4.48. The van der Waals surface area contributed by atoms with Crippen molar-refractivity contribution in [3.05, 3.63) is 24.0 Å². The van der Waals surface area contributed by atoms with Crippen LogP contribution in [0.4, 0.5) is 5.69 Å². The van der Waals surface area contributed by atoms with Gasteiger partial charge in [-0.25, -0.2) is 0 Å². The molecule has 1 aromatic heterocycles. The Kier molecular flexibility index (Phi) is 2.43. The summed E-state index contributed by atoms with van der Waals surface area (Å²) in [6.07, 6.45) is 1.60. The Labute approximate surface area is 64.0 Å². The van der Waals surface area contributed by atoms with Gasteiger partial charge in [-0.15, -0.1) is 0 Å². The number of ether oxygens (including phenoxy) is 1. The van der Waals surface area contributed by atoms with Crippen molar-refractivity contribution in [3.63, 3.8) is 0 Å². The fraction of sp³-hybridized carbons (Fsp3) is 0.143. The molecule has 0 radical (unpaired) electrons. The Balaban J connectivity index is 2.69. The summed E-state index contributed by atoms with van der Waals surface area (Å²) in [6, 6.07) is 3.43. The number of rotatable bonds is 3. The molecule has 2 N–H and O–H groups in total. The monoisotopic (exact) mass is 152 g/mol. The van der Waals surface area contributed by atoms with Crippen LogP contribution in [-0.4, -0.2) is 11.5 Å². The lowest BCUT2D eigenvalue weighted by molar-refractivity contribution is -0.129. The molecule has 0 bridgehead atoms. The number of anilines is 1. The molecular weight excluding hydrogens is 144 g/mol. The molecule has 0 aliphatic rings. The standard InChI is InChI=1S/C7H8N2O2/c8-6-2-1-3-9-7(6)4-11-5-10/h1-3,5H,4,8H2. The van der Waals surface area contributed by atoms with Crippen LogP contribution in [0.2, 0.25) is 0 Å². The zero-order valence-corrected chi connectivity index (χ0v) is 5.86. The first kappa shape index (κ1) is 7.53. The molecule has 58 valence electrons. The molecule has 11 heavy (non-hydrogen) atoms. The lowest BCUT2D eigenvalue weighted by atomic mass is 10.3. The van der Waals surface area contributed by atoms with Crippen LogP contribution in [-0.2, 0) is 16.1 Å². The van der Waals surface area contributed by atoms with Gasteiger partial charge < -0.3 is 10.5 Å². The Hall–Kier alpha value is -1.58. The van der Waals surface area contributed by atoms with Gasteiger partial charge in [0.1, 0.15) is 12.3 Å². The number of carbonyl (C=O) groups is 1. The van der Waals surface area contributed by atoms with Crippen molar-refractivity contribution in [2.75, 3.05) is 5.73 Å². The first-order valence-electron chi connectivity index (χ1n) is 3.09. The summed E-state index contributed by atoms with van der Waals surface area (Å²) in [5, 5.41) is 0. The summed E-state index contributed by atoms with van der Waals surface area (Å²) in [6.45, 7) is 0.504. The zero-order chi connectivity index (χ0) is 8.10. The van der Waals surface area contributed by atoms with Gasteiger partial charge in [-0.1, -0.05) is 0 Å². The maximum Gasteiger partial charge on any atom is 0.293 e. The van der Waals surface area contributed by atoms with E-state index in [9.17, 15) is 4.79 Å². The third-order valence-electron chi connectivity index (χ3n) is 1.21. The molecule has 0 saturated carbocycles. The molecule has 0 amide bonds. The normalized spacial score (nSPS) is 9.09. The van der Waals surface area contributed by atoms with Crippen LogP contribution in [0, 0.1) is 0 Å². The Morgan fingerprint density at radius 2 is 2.55 bits per heavy atom. The molecule has 0 aromatic carbocycles. The predicted octanol–water partition coefficient (Wildman–Crippen LogP) is 0.337. The largest absolute Gasteiger partial charge is 0.461 e. The van der Waals surface area contributed by atoms with E-state index in [1.54, 1.807) is 18.3 Å². The Morgan fingerprint density at radius 1 is 1.73 bits per heavy atom. The first-order chi connectivity index (χ1) is 5.34. The first-order valence-corrected chi connectivity index (χ1v) is 3.09. The summed E-state index contributed by atoms with van der Waals surface area (Å²) in [4.78, 5) is 13.7. The number of pyridine rings is 1. The summed E-state index contributed by atoms with van der Waals surface area (Å²) in [5.41, 5.74) is 6.62. The zero-order valence-electron chi connectivity index (χ0n) is 5.86. The van der Waals surface area contributed by atoms with Gasteiger partial charge in [0.2, 0.25) is 0 Å². The highest BCUT2D eigenvalue weighted by molar-refractivity contribution is 5.43. The maximum absolute atomic E-state index is 9.80. The summed E-state index contributed by atoms with van der Waals surface area (Å²) in [7, 11) is 0. The molecule has 0 unspecified atom stereocenters. The van der Waals surface area contributed by atoms with Crippen LogP contribution in [0.1, 0.15) is 5.69 Å². The Bertz CT molecular complexity index is 250. The average molecular weight is 152 g/mol. The molecule has 0 atom stereocenters. The fourth-order valence-corrected chi connectivity index (χ4v) is 0.684. The van der Waals surface area contributed by atoms with E-state index in [-0.39, 0.29) is 6.61 Å². The van der Waals surface area contributed by atoms with Crippen molar-refractivity contribution in [2.45, 2.75) is 6.61 Å². The minimum atomic E-state index is 0.135. The van der Waals surface area contributed by atoms with E-state index in [1.165, 1.54) is 0 Å². The second kappa shape index (κ2) is 3.55. The topological polar surface area (TPSA) is 65.2 Å². The SMILES string of the molecule is Nc1cccnc1COC=O. The summed E-state index contributed by atoms with van der Waals surface area (Å²) in [5.74, 6) is 0. The van der Waals surface area contributed by atoms with Crippen molar-refractivity contribution in [2.24, 2.45) is 0 Å². The quantitative estimate of drug-likeness (QED) is 0.634. The number of nitrogen functional groups attached to an aromatic ring is 1. The fourth-order valence-electron chi connectivity index (χ4n) is 0.684. The Morgan fingerprint density at radius 3 is 3.18 bits per heavy atom. The van der Waals surface area contributed by atoms with Gasteiger partial charge in [-0.05, 0) is 12.1 Å². The van der Waals surface area contributed by atoms with E-state index < -0.39 is 0 Å². The highest BCUT2D eigenvalue weighted by Gasteiger charge is 1.97. The lowest BCUT2D eigenvalue weighted by Crippen LogP contribution is -1.99. The minimum absolute atomic E-state index is 0.135. The summed E-state index contributed by atoms with van der Waals surface area (Å²) >= 11 is 0. The van der Waals surface area contributed by atoms with Gasteiger partial charge in [0.15, 0.2) is 0 Å². The van der Waals surface area contributed by atoms with Gasteiger partial charge in [-0.3, -0.25) is 9.78 Å². The molecule has 0 aliphatic carbocycles. The second-order valence-corrected chi connectivity index (χ2v) is 1.95. The van der Waals surface area contributed by atoms with E-state index in [2.05, 4.69) is 9.72 Å². The molecule has 1 rings (SSSR count). The van der Waals surface area contributed by atoms with Crippen LogP contribution >= 0.6 is 0 Å². The van der Waals surface area contributed by atoms with Gasteiger partial charge >= 0.3 is 0 Å². The van der Waals surface area contributed by atoms with Gasteiger partial charge in [0.05, 0.1) is 5.69 Å². The van der Waals surface area contributed by atoms with Crippen molar-refractivity contribution in [3.8, 4) is 0 Å². The van der Waals surface area contributed by atoms with E-state index in [4.69, 9.17) is 5.73 Å². The van der Waals surface area contributed by atoms with Crippen LogP contribution in [0.5, 0.6) is 0 Å². The molecule has 4 heteroatoms. The van der Waals surface area contributed by atoms with Gasteiger partial charge in [0.25, 0.3) is 6.47 Å². The lowest BCUT2D eigenvalue weighted by Gasteiger charge is -2.00. The number of nitrogens with zero attached hydrogens (tertiary/aromatic N) is 1. The van der Waals surface area contributed by atoms with Crippen molar-refractivity contribution in [1.82, 2.24) is 4.98 Å². The highest BCUT2D eigenvalue weighted by Crippen LogP contribution is 2.06. The third-order valence-corrected chi connectivity index (χ3v) is 1.21. The molecule has 1 aromatic rings. The van der Waals surface area contributed by atoms with Crippen molar-refractivity contribution < 1.29 is 9.53 Å². The predicted molar refractivity (Wildman–Crippen MR) is 39.5 cm³/mol. The van der Waals surface area contributed by atoms with Gasteiger partial charge in [0, 0.05) is 6.20 Å². The van der Waals surface area contributed by atoms with Crippen LogP contribution in [0.15, 0.2) is 18.3 Å². The van der Waals surface area contributed by atoms with E-state index in [1.807, 2.05) is 0 Å². The van der Waals surface area contributed by atoms with Crippen molar-refractivity contribution in [1.29, 1.82) is 0 Å². The van der Waals surface area contributed by atoms with E-state index in [0.717, 1.165) is 0 Å². The highest BCUT2D eigenvalue weighted by atomic mass is 16.5. The molecule has 0 saturated heterocycles.